The second kappa shape index (κ2) is 8.38. The molecule has 9 nitrogen and oxygen atoms in total. The summed E-state index contributed by atoms with van der Waals surface area (Å²) in [6.07, 6.45) is 5.34. The van der Waals surface area contributed by atoms with Gasteiger partial charge in [-0.05, 0) is 37.6 Å². The Hall–Kier alpha value is -3.63. The molecule has 1 aromatic carbocycles. The van der Waals surface area contributed by atoms with Gasteiger partial charge in [-0.1, -0.05) is 18.5 Å². The van der Waals surface area contributed by atoms with Gasteiger partial charge in [0.05, 0.1) is 23.5 Å². The molecule has 11 heteroatoms. The third kappa shape index (κ3) is 3.47. The Morgan fingerprint density at radius 1 is 1.24 bits per heavy atom. The summed E-state index contributed by atoms with van der Waals surface area (Å²) in [5, 5.41) is 19.9. The fraction of sp³-hybridized carbons (Fsp3) is 0.182. The molecule has 0 amide bonds. The molecule has 1 aliphatic rings. The van der Waals surface area contributed by atoms with Crippen molar-refractivity contribution in [3.8, 4) is 5.69 Å². The van der Waals surface area contributed by atoms with Gasteiger partial charge in [0.1, 0.15) is 16.5 Å². The Morgan fingerprint density at radius 2 is 2.03 bits per heavy atom. The van der Waals surface area contributed by atoms with Crippen molar-refractivity contribution in [2.75, 3.05) is 4.90 Å². The van der Waals surface area contributed by atoms with Crippen LogP contribution in [0.3, 0.4) is 0 Å². The molecule has 1 aliphatic heterocycles. The zero-order valence-corrected chi connectivity index (χ0v) is 19.5. The predicted molar refractivity (Wildman–Crippen MR) is 130 cm³/mol. The number of halogens is 1. The van der Waals surface area contributed by atoms with Crippen LogP contribution in [0, 0.1) is 12.3 Å². The Kier molecular flexibility index (Phi) is 5.39. The molecule has 0 radical (unpaired) electrons. The molecule has 5 rings (SSSR count). The number of rotatable bonds is 5. The van der Waals surface area contributed by atoms with E-state index >= 15 is 0 Å². The number of aromatic nitrogens is 6. The lowest BCUT2D eigenvalue weighted by Crippen LogP contribution is -2.32. The van der Waals surface area contributed by atoms with Crippen LogP contribution in [0.25, 0.3) is 17.0 Å². The van der Waals surface area contributed by atoms with E-state index in [9.17, 15) is 0 Å². The first-order chi connectivity index (χ1) is 16.0. The van der Waals surface area contributed by atoms with E-state index in [1.807, 2.05) is 41.1 Å². The number of allylic oxidation sites excluding steroid dienone is 1. The number of nitrogens with zero attached hydrogens (tertiary/aromatic N) is 7. The van der Waals surface area contributed by atoms with E-state index in [0.717, 1.165) is 29.4 Å². The zero-order chi connectivity index (χ0) is 23.1. The maximum Gasteiger partial charge on any atom is 0.165 e. The lowest BCUT2D eigenvalue weighted by molar-refractivity contribution is 0.587. The van der Waals surface area contributed by atoms with E-state index < -0.39 is 0 Å². The standard InChI is InChI=1S/C22H20ClN9S/c1-3-16-21-30-29-12(2)31(21)17-11-27-19(15(10-24)18(25)22-26-8-9-33-22)28-20(17)32(16)14-6-4-13(23)5-7-14/h4-11,16,24H,3,25H2,1-2H3/b18-15+,24-10?/t16-/m0/s1. The summed E-state index contributed by atoms with van der Waals surface area (Å²) < 4.78 is 1.98. The van der Waals surface area contributed by atoms with E-state index in [0.29, 0.717) is 32.9 Å². The van der Waals surface area contributed by atoms with Gasteiger partial charge in [0.2, 0.25) is 0 Å². The van der Waals surface area contributed by atoms with Gasteiger partial charge in [0, 0.05) is 28.5 Å². The van der Waals surface area contributed by atoms with Crippen molar-refractivity contribution in [1.82, 2.24) is 29.7 Å². The summed E-state index contributed by atoms with van der Waals surface area (Å²) in [5.74, 6) is 2.59. The first kappa shape index (κ1) is 21.2. The number of anilines is 2. The number of nitrogens with two attached hydrogens (primary N) is 1. The van der Waals surface area contributed by atoms with Gasteiger partial charge in [-0.2, -0.15) is 0 Å². The Bertz CT molecular complexity index is 1360. The molecule has 1 atom stereocenters. The SMILES string of the molecule is CC[C@H]1c2nnc(C)n2-c2cnc(/C(C=N)=C(/N)c3nccs3)nc2N1c1ccc(Cl)cc1. The molecule has 4 aromatic rings. The van der Waals surface area contributed by atoms with E-state index in [2.05, 4.69) is 32.0 Å². The molecule has 0 fully saturated rings. The maximum atomic E-state index is 7.99. The average Bonchev–Trinajstić information content (AvgIpc) is 3.50. The summed E-state index contributed by atoms with van der Waals surface area (Å²) in [4.78, 5) is 15.8. The van der Waals surface area contributed by atoms with Crippen molar-refractivity contribution in [3.63, 3.8) is 0 Å². The molecule has 0 unspecified atom stereocenters. The number of nitrogens with one attached hydrogen (secondary N) is 1. The normalized spacial score (nSPS) is 15.6. The fourth-order valence-corrected chi connectivity index (χ4v) is 4.73. The van der Waals surface area contributed by atoms with Crippen molar-refractivity contribution in [3.05, 3.63) is 69.5 Å². The summed E-state index contributed by atoms with van der Waals surface area (Å²) in [5.41, 5.74) is 8.79. The lowest BCUT2D eigenvalue weighted by atomic mass is 10.1. The molecule has 0 aliphatic carbocycles. The zero-order valence-electron chi connectivity index (χ0n) is 17.9. The second-order valence-electron chi connectivity index (χ2n) is 7.42. The monoisotopic (exact) mass is 477 g/mol. The number of aryl methyl sites for hydroxylation is 1. The van der Waals surface area contributed by atoms with E-state index in [4.69, 9.17) is 27.7 Å². The predicted octanol–water partition coefficient (Wildman–Crippen LogP) is 4.55. The van der Waals surface area contributed by atoms with Gasteiger partial charge in [-0.3, -0.25) is 4.57 Å². The summed E-state index contributed by atoms with van der Waals surface area (Å²) in [6.45, 7) is 4.00. The molecule has 166 valence electrons. The summed E-state index contributed by atoms with van der Waals surface area (Å²) in [6, 6.07) is 7.49. The minimum absolute atomic E-state index is 0.105. The first-order valence-electron chi connectivity index (χ1n) is 10.3. The van der Waals surface area contributed by atoms with Gasteiger partial charge in [0.25, 0.3) is 0 Å². The number of fused-ring (bicyclic) bond motifs is 3. The second-order valence-corrected chi connectivity index (χ2v) is 8.75. The smallest absolute Gasteiger partial charge is 0.165 e. The van der Waals surface area contributed by atoms with Crippen LogP contribution >= 0.6 is 22.9 Å². The van der Waals surface area contributed by atoms with Crippen LogP contribution in [0.4, 0.5) is 11.5 Å². The molecule has 0 saturated carbocycles. The van der Waals surface area contributed by atoms with E-state index in [1.165, 1.54) is 17.6 Å². The first-order valence-corrected chi connectivity index (χ1v) is 11.5. The van der Waals surface area contributed by atoms with Crippen LogP contribution in [-0.2, 0) is 0 Å². The Labute approximate surface area is 199 Å². The highest BCUT2D eigenvalue weighted by atomic mass is 35.5. The number of thiazole rings is 1. The van der Waals surface area contributed by atoms with Crippen molar-refractivity contribution < 1.29 is 0 Å². The third-order valence-corrected chi connectivity index (χ3v) is 6.57. The van der Waals surface area contributed by atoms with Crippen molar-refractivity contribution in [1.29, 1.82) is 5.41 Å². The van der Waals surface area contributed by atoms with Crippen molar-refractivity contribution in [2.24, 2.45) is 5.73 Å². The highest BCUT2D eigenvalue weighted by molar-refractivity contribution is 7.10. The largest absolute Gasteiger partial charge is 0.396 e. The van der Waals surface area contributed by atoms with Crippen LogP contribution in [0.5, 0.6) is 0 Å². The van der Waals surface area contributed by atoms with Crippen molar-refractivity contribution >= 4 is 51.9 Å². The highest BCUT2D eigenvalue weighted by Gasteiger charge is 2.36. The van der Waals surface area contributed by atoms with Gasteiger partial charge in [-0.25, -0.2) is 15.0 Å². The van der Waals surface area contributed by atoms with E-state index in [1.54, 1.807) is 12.4 Å². The molecular formula is C22H20ClN9S. The molecule has 4 heterocycles. The Morgan fingerprint density at radius 3 is 2.70 bits per heavy atom. The average molecular weight is 478 g/mol. The molecule has 0 bridgehead atoms. The lowest BCUT2D eigenvalue weighted by Gasteiger charge is -2.37. The van der Waals surface area contributed by atoms with Gasteiger partial charge >= 0.3 is 0 Å². The molecular weight excluding hydrogens is 458 g/mol. The van der Waals surface area contributed by atoms with Gasteiger partial charge < -0.3 is 16.0 Å². The molecule has 0 saturated heterocycles. The highest BCUT2D eigenvalue weighted by Crippen LogP contribution is 2.44. The quantitative estimate of drug-likeness (QED) is 0.404. The topological polar surface area (TPSA) is 122 Å². The third-order valence-electron chi connectivity index (χ3n) is 5.51. The van der Waals surface area contributed by atoms with Crippen LogP contribution in [0.2, 0.25) is 5.02 Å². The van der Waals surface area contributed by atoms with Crippen LogP contribution < -0.4 is 10.6 Å². The molecule has 3 N–H and O–H groups in total. The summed E-state index contributed by atoms with van der Waals surface area (Å²) >= 11 is 7.55. The number of benzene rings is 1. The molecule has 33 heavy (non-hydrogen) atoms. The van der Waals surface area contributed by atoms with Gasteiger partial charge in [0.15, 0.2) is 17.5 Å². The Balaban J connectivity index is 1.75. The molecule has 0 spiro atoms. The van der Waals surface area contributed by atoms with Crippen LogP contribution in [0.15, 0.2) is 42.0 Å². The minimum Gasteiger partial charge on any atom is -0.396 e. The number of hydrogen-bond donors (Lipinski definition) is 2. The van der Waals surface area contributed by atoms with Crippen LogP contribution in [-0.4, -0.2) is 35.9 Å². The summed E-state index contributed by atoms with van der Waals surface area (Å²) in [7, 11) is 0. The minimum atomic E-state index is -0.105. The van der Waals surface area contributed by atoms with Crippen molar-refractivity contribution in [2.45, 2.75) is 26.3 Å². The number of hydrogen-bond acceptors (Lipinski definition) is 9. The van der Waals surface area contributed by atoms with Crippen LogP contribution in [0.1, 0.15) is 41.9 Å². The van der Waals surface area contributed by atoms with Gasteiger partial charge in [-0.15, -0.1) is 21.5 Å². The maximum absolute atomic E-state index is 7.99. The molecule has 3 aromatic heterocycles. The fourth-order valence-electron chi connectivity index (χ4n) is 3.99. The van der Waals surface area contributed by atoms with E-state index in [-0.39, 0.29) is 6.04 Å².